The third kappa shape index (κ3) is 3.55. The molecule has 20 heavy (non-hydrogen) atoms. The molecule has 0 amide bonds. The van der Waals surface area contributed by atoms with Crippen molar-refractivity contribution in [3.05, 3.63) is 64.7 Å². The van der Waals surface area contributed by atoms with Crippen LogP contribution in [0.2, 0.25) is 5.02 Å². The van der Waals surface area contributed by atoms with E-state index in [0.29, 0.717) is 0 Å². The van der Waals surface area contributed by atoms with Crippen molar-refractivity contribution in [2.75, 3.05) is 5.32 Å². The minimum absolute atomic E-state index is 0.192. The predicted molar refractivity (Wildman–Crippen MR) is 88.6 cm³/mol. The van der Waals surface area contributed by atoms with Crippen LogP contribution in [0.1, 0.15) is 44.9 Å². The molecule has 0 aliphatic carbocycles. The second-order valence-corrected chi connectivity index (χ2v) is 6.63. The first-order valence-corrected chi connectivity index (χ1v) is 7.37. The average molecular weight is 288 g/mol. The Morgan fingerprint density at radius 3 is 2.10 bits per heavy atom. The largest absolute Gasteiger partial charge is 0.377 e. The Hall–Kier alpha value is -1.47. The molecule has 0 aliphatic heterocycles. The number of hydrogen-bond donors (Lipinski definition) is 1. The van der Waals surface area contributed by atoms with E-state index in [0.717, 1.165) is 10.7 Å². The zero-order chi connectivity index (χ0) is 14.8. The molecule has 0 saturated carbocycles. The third-order valence-electron chi connectivity index (χ3n) is 3.52. The molecule has 1 atom stereocenters. The SMILES string of the molecule is CC(Nc1ccccc1Cl)c1ccc(C(C)(C)C)cc1. The van der Waals surface area contributed by atoms with Crippen LogP contribution in [-0.4, -0.2) is 0 Å². The lowest BCUT2D eigenvalue weighted by atomic mass is 9.86. The summed E-state index contributed by atoms with van der Waals surface area (Å²) in [5.41, 5.74) is 3.78. The van der Waals surface area contributed by atoms with Crippen LogP contribution >= 0.6 is 11.6 Å². The van der Waals surface area contributed by atoms with E-state index in [1.54, 1.807) is 0 Å². The molecule has 106 valence electrons. The lowest BCUT2D eigenvalue weighted by molar-refractivity contribution is 0.589. The highest BCUT2D eigenvalue weighted by Gasteiger charge is 2.14. The van der Waals surface area contributed by atoms with Crippen molar-refractivity contribution in [1.29, 1.82) is 0 Å². The fourth-order valence-electron chi connectivity index (χ4n) is 2.17. The van der Waals surface area contributed by atoms with Gasteiger partial charge in [0.1, 0.15) is 0 Å². The number of hydrogen-bond acceptors (Lipinski definition) is 1. The van der Waals surface area contributed by atoms with Crippen LogP contribution in [0.25, 0.3) is 0 Å². The first-order valence-electron chi connectivity index (χ1n) is 6.99. The van der Waals surface area contributed by atoms with Gasteiger partial charge in [-0.1, -0.05) is 68.8 Å². The topological polar surface area (TPSA) is 12.0 Å². The Bertz CT molecular complexity index is 567. The van der Waals surface area contributed by atoms with E-state index < -0.39 is 0 Å². The third-order valence-corrected chi connectivity index (χ3v) is 3.85. The zero-order valence-electron chi connectivity index (χ0n) is 12.6. The van der Waals surface area contributed by atoms with E-state index in [2.05, 4.69) is 57.3 Å². The van der Waals surface area contributed by atoms with Crippen molar-refractivity contribution in [1.82, 2.24) is 0 Å². The first kappa shape index (κ1) is 14.9. The molecule has 2 aromatic carbocycles. The second kappa shape index (κ2) is 5.88. The maximum atomic E-state index is 6.18. The van der Waals surface area contributed by atoms with Crippen LogP contribution in [0.4, 0.5) is 5.69 Å². The summed E-state index contributed by atoms with van der Waals surface area (Å²) in [4.78, 5) is 0. The Balaban J connectivity index is 2.14. The standard InChI is InChI=1S/C18H22ClN/c1-13(20-17-8-6-5-7-16(17)19)14-9-11-15(12-10-14)18(2,3)4/h5-13,20H,1-4H3. The van der Waals surface area contributed by atoms with Crippen LogP contribution in [0, 0.1) is 0 Å². The molecule has 2 aromatic rings. The van der Waals surface area contributed by atoms with Crippen LogP contribution in [-0.2, 0) is 5.41 Å². The summed E-state index contributed by atoms with van der Waals surface area (Å²) < 4.78 is 0. The minimum atomic E-state index is 0.192. The van der Waals surface area contributed by atoms with Gasteiger partial charge in [-0.2, -0.15) is 0 Å². The summed E-state index contributed by atoms with van der Waals surface area (Å²) in [5, 5.41) is 4.21. The number of nitrogens with one attached hydrogen (secondary N) is 1. The summed E-state index contributed by atoms with van der Waals surface area (Å²) in [5.74, 6) is 0. The monoisotopic (exact) mass is 287 g/mol. The van der Waals surface area contributed by atoms with Gasteiger partial charge >= 0.3 is 0 Å². The van der Waals surface area contributed by atoms with Gasteiger partial charge in [0, 0.05) is 6.04 Å². The second-order valence-electron chi connectivity index (χ2n) is 6.22. The van der Waals surface area contributed by atoms with E-state index in [9.17, 15) is 0 Å². The molecule has 0 fully saturated rings. The normalized spacial score (nSPS) is 13.1. The van der Waals surface area contributed by atoms with Gasteiger partial charge in [0.05, 0.1) is 10.7 Å². The number of para-hydroxylation sites is 1. The maximum absolute atomic E-state index is 6.18. The average Bonchev–Trinajstić information content (AvgIpc) is 2.40. The van der Waals surface area contributed by atoms with Gasteiger partial charge < -0.3 is 5.32 Å². The molecule has 1 N–H and O–H groups in total. The van der Waals surface area contributed by atoms with Gasteiger partial charge in [-0.3, -0.25) is 0 Å². The number of anilines is 1. The van der Waals surface area contributed by atoms with Crippen LogP contribution in [0.3, 0.4) is 0 Å². The van der Waals surface area contributed by atoms with Gasteiger partial charge in [-0.25, -0.2) is 0 Å². The van der Waals surface area contributed by atoms with Crippen LogP contribution in [0.5, 0.6) is 0 Å². The fraction of sp³-hybridized carbons (Fsp3) is 0.333. The van der Waals surface area contributed by atoms with Crippen molar-refractivity contribution in [2.24, 2.45) is 0 Å². The molecule has 1 nitrogen and oxygen atoms in total. The number of benzene rings is 2. The minimum Gasteiger partial charge on any atom is -0.377 e. The highest BCUT2D eigenvalue weighted by atomic mass is 35.5. The smallest absolute Gasteiger partial charge is 0.0637 e. The number of halogens is 1. The molecule has 0 saturated heterocycles. The molecule has 0 radical (unpaired) electrons. The predicted octanol–water partition coefficient (Wildman–Crippen LogP) is 5.81. The Morgan fingerprint density at radius 2 is 1.55 bits per heavy atom. The molecule has 0 aliphatic rings. The van der Waals surface area contributed by atoms with Gasteiger partial charge in [0.2, 0.25) is 0 Å². The van der Waals surface area contributed by atoms with E-state index in [4.69, 9.17) is 11.6 Å². The molecule has 0 aromatic heterocycles. The molecule has 1 unspecified atom stereocenters. The summed E-state index contributed by atoms with van der Waals surface area (Å²) >= 11 is 6.18. The molecule has 0 heterocycles. The number of rotatable bonds is 3. The Labute approximate surface area is 127 Å². The van der Waals surface area contributed by atoms with Gasteiger partial charge in [-0.15, -0.1) is 0 Å². The summed E-state index contributed by atoms with van der Waals surface area (Å²) in [6, 6.07) is 16.9. The van der Waals surface area contributed by atoms with Crippen molar-refractivity contribution in [2.45, 2.75) is 39.2 Å². The molecule has 0 spiro atoms. The molecule has 2 rings (SSSR count). The first-order chi connectivity index (χ1) is 9.38. The van der Waals surface area contributed by atoms with Crippen LogP contribution in [0.15, 0.2) is 48.5 Å². The summed E-state index contributed by atoms with van der Waals surface area (Å²) in [6.07, 6.45) is 0. The zero-order valence-corrected chi connectivity index (χ0v) is 13.3. The van der Waals surface area contributed by atoms with E-state index >= 15 is 0 Å². The lowest BCUT2D eigenvalue weighted by Gasteiger charge is -2.21. The molecule has 0 bridgehead atoms. The lowest BCUT2D eigenvalue weighted by Crippen LogP contribution is -2.12. The van der Waals surface area contributed by atoms with E-state index in [-0.39, 0.29) is 11.5 Å². The maximum Gasteiger partial charge on any atom is 0.0637 e. The summed E-state index contributed by atoms with van der Waals surface area (Å²) in [7, 11) is 0. The Morgan fingerprint density at radius 1 is 0.950 bits per heavy atom. The van der Waals surface area contributed by atoms with Crippen molar-refractivity contribution >= 4 is 17.3 Å². The quantitative estimate of drug-likeness (QED) is 0.751. The van der Waals surface area contributed by atoms with Crippen LogP contribution < -0.4 is 5.32 Å². The Kier molecular flexibility index (Phi) is 4.39. The highest BCUT2D eigenvalue weighted by Crippen LogP contribution is 2.27. The fourth-order valence-corrected chi connectivity index (χ4v) is 2.36. The molecular weight excluding hydrogens is 266 g/mol. The van der Waals surface area contributed by atoms with E-state index in [1.165, 1.54) is 11.1 Å². The molecule has 2 heteroatoms. The van der Waals surface area contributed by atoms with Gasteiger partial charge in [-0.05, 0) is 35.6 Å². The summed E-state index contributed by atoms with van der Waals surface area (Å²) in [6.45, 7) is 8.84. The molecular formula is C18H22ClN. The van der Waals surface area contributed by atoms with Gasteiger partial charge in [0.25, 0.3) is 0 Å². The van der Waals surface area contributed by atoms with Crippen molar-refractivity contribution < 1.29 is 0 Å². The van der Waals surface area contributed by atoms with Crippen molar-refractivity contribution in [3.8, 4) is 0 Å². The van der Waals surface area contributed by atoms with E-state index in [1.807, 2.05) is 24.3 Å². The highest BCUT2D eigenvalue weighted by molar-refractivity contribution is 6.33. The van der Waals surface area contributed by atoms with Crippen molar-refractivity contribution in [3.63, 3.8) is 0 Å². The van der Waals surface area contributed by atoms with Gasteiger partial charge in [0.15, 0.2) is 0 Å².